The van der Waals surface area contributed by atoms with E-state index in [-0.39, 0.29) is 47.2 Å². The average Bonchev–Trinajstić information content (AvgIpc) is 3.34. The van der Waals surface area contributed by atoms with Gasteiger partial charge in [0.25, 0.3) is 5.91 Å². The van der Waals surface area contributed by atoms with E-state index in [0.717, 1.165) is 49.8 Å². The summed E-state index contributed by atoms with van der Waals surface area (Å²) in [5.74, 6) is -0.644. The number of hydrogen-bond acceptors (Lipinski definition) is 8. The Labute approximate surface area is 243 Å². The molecule has 2 aliphatic carbocycles. The Kier molecular flexibility index (Phi) is 8.80. The third kappa shape index (κ3) is 5.77. The molecule has 0 unspecified atom stereocenters. The van der Waals surface area contributed by atoms with Gasteiger partial charge in [0.1, 0.15) is 18.2 Å². The van der Waals surface area contributed by atoms with Crippen molar-refractivity contribution in [3.63, 3.8) is 0 Å². The van der Waals surface area contributed by atoms with Crippen molar-refractivity contribution in [3.05, 3.63) is 39.6 Å². The van der Waals surface area contributed by atoms with Gasteiger partial charge in [-0.2, -0.15) is 0 Å². The second-order valence-electron chi connectivity index (χ2n) is 11.8. The molecule has 3 aliphatic rings. The van der Waals surface area contributed by atoms with E-state index in [9.17, 15) is 19.8 Å². The average molecular weight is 593 g/mol. The maximum Gasteiger partial charge on any atom is 0.257 e. The number of nitrogens with zero attached hydrogens (tertiary/aromatic N) is 2. The third-order valence-electron chi connectivity index (χ3n) is 9.49. The Morgan fingerprint density at radius 1 is 1.30 bits per heavy atom. The number of thiazole rings is 1. The van der Waals surface area contributed by atoms with Crippen LogP contribution in [-0.2, 0) is 16.0 Å². The lowest BCUT2D eigenvalue weighted by atomic mass is 9.47. The summed E-state index contributed by atoms with van der Waals surface area (Å²) in [6.07, 6.45) is 2.99. The van der Waals surface area contributed by atoms with Gasteiger partial charge in [0, 0.05) is 34.4 Å². The Bertz CT molecular complexity index is 1240. The maximum atomic E-state index is 13.3. The molecule has 5 N–H and O–H groups in total. The highest BCUT2D eigenvalue weighted by atomic mass is 35.5. The summed E-state index contributed by atoms with van der Waals surface area (Å²) in [7, 11) is 0. The molecule has 2 fully saturated rings. The summed E-state index contributed by atoms with van der Waals surface area (Å²) in [4.78, 5) is 37.5. The largest absolute Gasteiger partial charge is 0.396 e. The number of fused-ring (bicyclic) bond motifs is 2. The van der Waals surface area contributed by atoms with E-state index in [4.69, 9.17) is 21.3 Å². The molecule has 0 aromatic carbocycles. The van der Waals surface area contributed by atoms with Crippen LogP contribution in [0.2, 0.25) is 5.15 Å². The van der Waals surface area contributed by atoms with Crippen LogP contribution in [-0.4, -0.2) is 84.1 Å². The molecule has 5 atom stereocenters. The molecule has 1 aliphatic heterocycles. The zero-order valence-electron chi connectivity index (χ0n) is 23.0. The second kappa shape index (κ2) is 12.0. The highest BCUT2D eigenvalue weighted by Gasteiger charge is 2.59. The summed E-state index contributed by atoms with van der Waals surface area (Å²) >= 11 is 7.37. The van der Waals surface area contributed by atoms with Crippen molar-refractivity contribution < 1.29 is 29.4 Å². The van der Waals surface area contributed by atoms with Gasteiger partial charge in [0.15, 0.2) is 5.13 Å². The highest BCUT2D eigenvalue weighted by molar-refractivity contribution is 7.15. The minimum Gasteiger partial charge on any atom is -0.396 e. The van der Waals surface area contributed by atoms with Crippen molar-refractivity contribution in [3.8, 4) is 0 Å². The van der Waals surface area contributed by atoms with Crippen LogP contribution in [0.5, 0.6) is 0 Å². The van der Waals surface area contributed by atoms with E-state index in [1.165, 1.54) is 28.5 Å². The van der Waals surface area contributed by atoms with E-state index in [0.29, 0.717) is 30.1 Å². The minimum atomic E-state index is -0.708. The molecule has 0 spiro atoms. The normalized spacial score (nSPS) is 30.3. The lowest BCUT2D eigenvalue weighted by molar-refractivity contribution is -0.906. The maximum absolute atomic E-state index is 13.3. The lowest BCUT2D eigenvalue weighted by Crippen LogP contribution is -3.14. The van der Waals surface area contributed by atoms with Crippen LogP contribution >= 0.6 is 22.9 Å². The third-order valence-corrected chi connectivity index (χ3v) is 10.7. The molecule has 2 aromatic heterocycles. The molecule has 2 amide bonds. The van der Waals surface area contributed by atoms with Gasteiger partial charge in [0.2, 0.25) is 5.91 Å². The van der Waals surface area contributed by atoms with Crippen LogP contribution in [0, 0.1) is 16.7 Å². The second-order valence-corrected chi connectivity index (χ2v) is 13.3. The zero-order chi connectivity index (χ0) is 28.5. The number of aliphatic hydroxyl groups is 2. The predicted octanol–water partition coefficient (Wildman–Crippen LogP) is 1.28. The van der Waals surface area contributed by atoms with Crippen molar-refractivity contribution in [1.82, 2.24) is 15.3 Å². The molecule has 10 nitrogen and oxygen atoms in total. The molecular formula is C28H39ClN5O5S+. The van der Waals surface area contributed by atoms with E-state index in [1.807, 2.05) is 6.92 Å². The molecule has 2 aromatic rings. The number of hydrogen-bond donors (Lipinski definition) is 5. The van der Waals surface area contributed by atoms with E-state index < -0.39 is 11.5 Å². The van der Waals surface area contributed by atoms with Crippen LogP contribution in [0.3, 0.4) is 0 Å². The number of aromatic nitrogens is 2. The van der Waals surface area contributed by atoms with Gasteiger partial charge in [0.05, 0.1) is 44.7 Å². The quantitative estimate of drug-likeness (QED) is 0.291. The number of morpholine rings is 1. The SMILES string of the molecule is C[C@]1(CO)[C@H]2Cc3sc(NC(=O)c4ccnc(Cl)c4)nc3[C@@H](CC(=O)NCC[NH+]3CCOCC3)[C@]2(C)CC[C@H]1O. The molecule has 12 heteroatoms. The number of quaternary nitrogens is 1. The number of amides is 2. The molecule has 0 bridgehead atoms. The van der Waals surface area contributed by atoms with Gasteiger partial charge in [-0.1, -0.05) is 25.4 Å². The van der Waals surface area contributed by atoms with Crippen LogP contribution in [0.25, 0.3) is 0 Å². The fourth-order valence-corrected chi connectivity index (χ4v) is 8.20. The minimum absolute atomic E-state index is 0.0349. The Morgan fingerprint density at radius 2 is 2.08 bits per heavy atom. The molecule has 40 heavy (non-hydrogen) atoms. The number of anilines is 1. The van der Waals surface area contributed by atoms with E-state index in [2.05, 4.69) is 22.5 Å². The monoisotopic (exact) mass is 592 g/mol. The van der Waals surface area contributed by atoms with Gasteiger partial charge >= 0.3 is 0 Å². The summed E-state index contributed by atoms with van der Waals surface area (Å²) < 4.78 is 5.43. The molecule has 3 heterocycles. The molecule has 0 radical (unpaired) electrons. The summed E-state index contributed by atoms with van der Waals surface area (Å²) in [6.45, 7) is 8.82. The van der Waals surface area contributed by atoms with E-state index >= 15 is 0 Å². The Hall–Kier alpha value is -2.15. The predicted molar refractivity (Wildman–Crippen MR) is 152 cm³/mol. The van der Waals surface area contributed by atoms with Crippen molar-refractivity contribution >= 4 is 39.9 Å². The number of pyridine rings is 1. The summed E-state index contributed by atoms with van der Waals surface area (Å²) in [5.41, 5.74) is 0.144. The number of carbonyl (C=O) groups excluding carboxylic acids is 2. The standard InChI is InChI=1S/C28H38ClN5O5S/c1-27-5-3-21(36)28(2,16-35)20(27)15-19-24(18(27)14-23(37)31-7-8-34-9-11-39-12-10-34)32-26(40-19)33-25(38)17-4-6-30-22(29)13-17/h4,6,13,18,20-21,35-36H,3,5,7-12,14-16H2,1-2H3,(H,31,37)(H,32,33,38)/p+1/t18-,20+,21-,27+,28+/m1/s1. The first-order chi connectivity index (χ1) is 19.1. The van der Waals surface area contributed by atoms with Crippen molar-refractivity contribution in [2.24, 2.45) is 16.7 Å². The van der Waals surface area contributed by atoms with Crippen LogP contribution in [0.4, 0.5) is 5.13 Å². The highest BCUT2D eigenvalue weighted by Crippen LogP contribution is 2.62. The number of rotatable bonds is 8. The number of ether oxygens (including phenoxy) is 1. The van der Waals surface area contributed by atoms with Crippen LogP contribution < -0.4 is 15.5 Å². The first-order valence-corrected chi connectivity index (χ1v) is 15.2. The first kappa shape index (κ1) is 29.3. The van der Waals surface area contributed by atoms with Gasteiger partial charge in [-0.05, 0) is 42.7 Å². The number of halogens is 1. The Balaban J connectivity index is 1.39. The van der Waals surface area contributed by atoms with Gasteiger partial charge < -0.3 is 25.2 Å². The van der Waals surface area contributed by atoms with Crippen molar-refractivity contribution in [2.45, 2.75) is 51.6 Å². The summed E-state index contributed by atoms with van der Waals surface area (Å²) in [5, 5.41) is 28.1. The van der Waals surface area contributed by atoms with Gasteiger partial charge in [-0.25, -0.2) is 9.97 Å². The van der Waals surface area contributed by atoms with Crippen LogP contribution in [0.1, 0.15) is 60.0 Å². The van der Waals surface area contributed by atoms with Crippen LogP contribution in [0.15, 0.2) is 18.3 Å². The summed E-state index contributed by atoms with van der Waals surface area (Å²) in [6, 6.07) is 3.09. The van der Waals surface area contributed by atoms with Gasteiger partial charge in [-0.15, -0.1) is 11.3 Å². The molecule has 1 saturated heterocycles. The fraction of sp³-hybridized carbons (Fsp3) is 0.643. The molecule has 5 rings (SSSR count). The molecule has 1 saturated carbocycles. The van der Waals surface area contributed by atoms with Crippen molar-refractivity contribution in [1.29, 1.82) is 0 Å². The van der Waals surface area contributed by atoms with Crippen molar-refractivity contribution in [2.75, 3.05) is 51.3 Å². The zero-order valence-corrected chi connectivity index (χ0v) is 24.6. The number of carbonyl (C=O) groups is 2. The molecule has 218 valence electrons. The van der Waals surface area contributed by atoms with Gasteiger partial charge in [-0.3, -0.25) is 14.9 Å². The molecular weight excluding hydrogens is 554 g/mol. The topological polar surface area (TPSA) is 138 Å². The Morgan fingerprint density at radius 3 is 2.80 bits per heavy atom. The first-order valence-electron chi connectivity index (χ1n) is 14.0. The number of aliphatic hydroxyl groups excluding tert-OH is 2. The lowest BCUT2D eigenvalue weighted by Gasteiger charge is -2.58. The van der Waals surface area contributed by atoms with E-state index in [1.54, 1.807) is 6.07 Å². The fourth-order valence-electron chi connectivity index (χ4n) is 6.96. The smallest absolute Gasteiger partial charge is 0.257 e. The number of nitrogens with one attached hydrogen (secondary N) is 3.